The largest absolute Gasteiger partial charge is 0.467 e. The number of carbonyl (C=O) groups is 1. The van der Waals surface area contributed by atoms with E-state index >= 15 is 0 Å². The second-order valence-electron chi connectivity index (χ2n) is 3.32. The van der Waals surface area contributed by atoms with Crippen LogP contribution in [0.15, 0.2) is 0 Å². The van der Waals surface area contributed by atoms with Crippen molar-refractivity contribution in [3.05, 3.63) is 0 Å². The Balaban J connectivity index is 3.51. The molecule has 0 spiro atoms. The van der Waals surface area contributed by atoms with Crippen LogP contribution in [0.2, 0.25) is 0 Å². The van der Waals surface area contributed by atoms with Gasteiger partial charge in [-0.05, 0) is 11.8 Å². The molecule has 10 heavy (non-hydrogen) atoms. The summed E-state index contributed by atoms with van der Waals surface area (Å²) in [5.74, 6) is 0. The summed E-state index contributed by atoms with van der Waals surface area (Å²) < 4.78 is 4.67. The highest BCUT2D eigenvalue weighted by molar-refractivity contribution is 5.36. The standard InChI is InChI=1S/C8H16O2/c1-4-5-8(2,3)6-10-7-9/h7H,4-6H2,1-3H3. The minimum atomic E-state index is 0.148. The second-order valence-corrected chi connectivity index (χ2v) is 3.32. The molecule has 0 aliphatic heterocycles. The van der Waals surface area contributed by atoms with Crippen LogP contribution in [-0.2, 0) is 9.53 Å². The summed E-state index contributed by atoms with van der Waals surface area (Å²) in [5.41, 5.74) is 0.148. The average Bonchev–Trinajstić information content (AvgIpc) is 1.84. The fourth-order valence-corrected chi connectivity index (χ4v) is 1.01. The van der Waals surface area contributed by atoms with E-state index in [1.807, 2.05) is 0 Å². The van der Waals surface area contributed by atoms with Crippen molar-refractivity contribution in [1.29, 1.82) is 0 Å². The van der Waals surface area contributed by atoms with Crippen LogP contribution in [0.25, 0.3) is 0 Å². The molecule has 0 heterocycles. The minimum absolute atomic E-state index is 0.148. The van der Waals surface area contributed by atoms with E-state index in [2.05, 4.69) is 25.5 Å². The maximum atomic E-state index is 9.83. The molecule has 2 heteroatoms. The molecule has 0 aromatic heterocycles. The second kappa shape index (κ2) is 4.31. The summed E-state index contributed by atoms with van der Waals surface area (Å²) in [7, 11) is 0. The summed E-state index contributed by atoms with van der Waals surface area (Å²) in [6.07, 6.45) is 2.23. The molecule has 0 bridgehead atoms. The number of carbonyl (C=O) groups excluding carboxylic acids is 1. The number of hydrogen-bond acceptors (Lipinski definition) is 2. The Bertz CT molecular complexity index is 97.4. The third-order valence-electron chi connectivity index (χ3n) is 1.47. The van der Waals surface area contributed by atoms with Gasteiger partial charge in [-0.15, -0.1) is 0 Å². The first-order chi connectivity index (χ1) is 4.62. The highest BCUT2D eigenvalue weighted by atomic mass is 16.5. The molecule has 0 N–H and O–H groups in total. The summed E-state index contributed by atoms with van der Waals surface area (Å²) in [5, 5.41) is 0. The molecule has 0 rings (SSSR count). The van der Waals surface area contributed by atoms with Crippen LogP contribution < -0.4 is 0 Å². The fourth-order valence-electron chi connectivity index (χ4n) is 1.01. The van der Waals surface area contributed by atoms with Gasteiger partial charge in [-0.25, -0.2) is 0 Å². The van der Waals surface area contributed by atoms with Gasteiger partial charge in [-0.1, -0.05) is 27.2 Å². The van der Waals surface area contributed by atoms with Gasteiger partial charge < -0.3 is 4.74 Å². The van der Waals surface area contributed by atoms with Gasteiger partial charge in [0.1, 0.15) is 0 Å². The third-order valence-corrected chi connectivity index (χ3v) is 1.47. The Morgan fingerprint density at radius 3 is 2.50 bits per heavy atom. The van der Waals surface area contributed by atoms with E-state index < -0.39 is 0 Å². The predicted octanol–water partition coefficient (Wildman–Crippen LogP) is 1.99. The van der Waals surface area contributed by atoms with Crippen molar-refractivity contribution in [2.45, 2.75) is 33.6 Å². The van der Waals surface area contributed by atoms with E-state index in [4.69, 9.17) is 0 Å². The van der Waals surface area contributed by atoms with Crippen LogP contribution in [0.1, 0.15) is 33.6 Å². The monoisotopic (exact) mass is 144 g/mol. The zero-order valence-corrected chi connectivity index (χ0v) is 7.02. The summed E-state index contributed by atoms with van der Waals surface area (Å²) in [6.45, 7) is 7.37. The van der Waals surface area contributed by atoms with Crippen molar-refractivity contribution in [2.24, 2.45) is 5.41 Å². The Morgan fingerprint density at radius 1 is 1.50 bits per heavy atom. The Labute approximate surface area is 62.6 Å². The third kappa shape index (κ3) is 4.36. The lowest BCUT2D eigenvalue weighted by Gasteiger charge is -2.21. The quantitative estimate of drug-likeness (QED) is 0.551. The molecular weight excluding hydrogens is 128 g/mol. The molecule has 0 saturated carbocycles. The molecule has 0 aromatic rings. The van der Waals surface area contributed by atoms with E-state index in [0.717, 1.165) is 12.8 Å². The van der Waals surface area contributed by atoms with Gasteiger partial charge in [0.05, 0.1) is 6.61 Å². The minimum Gasteiger partial charge on any atom is -0.467 e. The van der Waals surface area contributed by atoms with Gasteiger partial charge >= 0.3 is 0 Å². The van der Waals surface area contributed by atoms with Crippen LogP contribution >= 0.6 is 0 Å². The molecule has 0 aliphatic carbocycles. The highest BCUT2D eigenvalue weighted by Gasteiger charge is 2.16. The van der Waals surface area contributed by atoms with Crippen molar-refractivity contribution in [1.82, 2.24) is 0 Å². The molecule has 0 radical (unpaired) electrons. The van der Waals surface area contributed by atoms with Gasteiger partial charge in [-0.2, -0.15) is 0 Å². The maximum absolute atomic E-state index is 9.83. The SMILES string of the molecule is CCCC(C)(C)COC=O. The molecule has 60 valence electrons. The molecule has 0 aliphatic rings. The first-order valence-corrected chi connectivity index (χ1v) is 3.67. The lowest BCUT2D eigenvalue weighted by atomic mass is 9.89. The van der Waals surface area contributed by atoms with Gasteiger partial charge in [0, 0.05) is 0 Å². The number of hydrogen-bond donors (Lipinski definition) is 0. The molecule has 0 amide bonds. The van der Waals surface area contributed by atoms with Crippen LogP contribution in [0.5, 0.6) is 0 Å². The highest BCUT2D eigenvalue weighted by Crippen LogP contribution is 2.21. The van der Waals surface area contributed by atoms with Crippen LogP contribution in [0.4, 0.5) is 0 Å². The summed E-state index contributed by atoms with van der Waals surface area (Å²) in [4.78, 5) is 9.83. The van der Waals surface area contributed by atoms with Crippen LogP contribution in [0, 0.1) is 5.41 Å². The van der Waals surface area contributed by atoms with Crippen molar-refractivity contribution >= 4 is 6.47 Å². The zero-order chi connectivity index (χ0) is 8.04. The van der Waals surface area contributed by atoms with Gasteiger partial charge in [-0.3, -0.25) is 4.79 Å². The van der Waals surface area contributed by atoms with E-state index in [0.29, 0.717) is 13.1 Å². The first-order valence-electron chi connectivity index (χ1n) is 3.67. The normalized spacial score (nSPS) is 11.1. The van der Waals surface area contributed by atoms with Crippen molar-refractivity contribution in [2.75, 3.05) is 6.61 Å². The van der Waals surface area contributed by atoms with Crippen LogP contribution in [0.3, 0.4) is 0 Å². The molecule has 0 fully saturated rings. The predicted molar refractivity (Wildman–Crippen MR) is 40.7 cm³/mol. The van der Waals surface area contributed by atoms with Gasteiger partial charge in [0.25, 0.3) is 6.47 Å². The van der Waals surface area contributed by atoms with Crippen LogP contribution in [-0.4, -0.2) is 13.1 Å². The van der Waals surface area contributed by atoms with E-state index in [1.54, 1.807) is 0 Å². The number of ether oxygens (including phenoxy) is 1. The van der Waals surface area contributed by atoms with Gasteiger partial charge in [0.15, 0.2) is 0 Å². The summed E-state index contributed by atoms with van der Waals surface area (Å²) in [6, 6.07) is 0. The molecule has 0 unspecified atom stereocenters. The van der Waals surface area contributed by atoms with Crippen molar-refractivity contribution in [3.63, 3.8) is 0 Å². The van der Waals surface area contributed by atoms with E-state index in [1.165, 1.54) is 0 Å². The first kappa shape index (κ1) is 9.47. The lowest BCUT2D eigenvalue weighted by molar-refractivity contribution is -0.131. The molecule has 0 atom stereocenters. The smallest absolute Gasteiger partial charge is 0.293 e. The van der Waals surface area contributed by atoms with E-state index in [9.17, 15) is 4.79 Å². The van der Waals surface area contributed by atoms with Crippen molar-refractivity contribution in [3.8, 4) is 0 Å². The molecule has 0 aromatic carbocycles. The summed E-state index contributed by atoms with van der Waals surface area (Å²) >= 11 is 0. The Hall–Kier alpha value is -0.530. The van der Waals surface area contributed by atoms with Gasteiger partial charge in [0.2, 0.25) is 0 Å². The maximum Gasteiger partial charge on any atom is 0.293 e. The molecular formula is C8H16O2. The average molecular weight is 144 g/mol. The Morgan fingerprint density at radius 2 is 2.10 bits per heavy atom. The molecule has 2 nitrogen and oxygen atoms in total. The zero-order valence-electron chi connectivity index (χ0n) is 7.02. The number of rotatable bonds is 5. The van der Waals surface area contributed by atoms with Crippen molar-refractivity contribution < 1.29 is 9.53 Å². The lowest BCUT2D eigenvalue weighted by Crippen LogP contribution is -2.18. The van der Waals surface area contributed by atoms with E-state index in [-0.39, 0.29) is 5.41 Å². The Kier molecular flexibility index (Phi) is 4.08. The fraction of sp³-hybridized carbons (Fsp3) is 0.875. The topological polar surface area (TPSA) is 26.3 Å². The molecule has 0 saturated heterocycles.